The Morgan fingerprint density at radius 1 is 1.53 bits per heavy atom. The first-order valence-electron chi connectivity index (χ1n) is 5.77. The fourth-order valence-corrected chi connectivity index (χ4v) is 1.55. The van der Waals surface area contributed by atoms with Crippen molar-refractivity contribution in [3.05, 3.63) is 35.1 Å². The van der Waals surface area contributed by atoms with Gasteiger partial charge in [0.25, 0.3) is 0 Å². The molecule has 96 valence electrons. The van der Waals surface area contributed by atoms with E-state index in [1.54, 1.807) is 6.92 Å². The molecular weight excluding hydrogens is 224 g/mol. The molecule has 2 atom stereocenters. The number of hydrogen-bond acceptors (Lipinski definition) is 2. The summed E-state index contributed by atoms with van der Waals surface area (Å²) in [5.41, 5.74) is 0.708. The number of halogens is 2. The smallest absolute Gasteiger partial charge is 0.130 e. The van der Waals surface area contributed by atoms with Crippen LogP contribution < -0.4 is 5.32 Å². The van der Waals surface area contributed by atoms with Gasteiger partial charge in [0.2, 0.25) is 0 Å². The summed E-state index contributed by atoms with van der Waals surface area (Å²) >= 11 is 0. The van der Waals surface area contributed by atoms with Gasteiger partial charge in [-0.15, -0.1) is 0 Å². The second-order valence-corrected chi connectivity index (χ2v) is 4.49. The van der Waals surface area contributed by atoms with Crippen LogP contribution in [-0.2, 0) is 0 Å². The predicted molar refractivity (Wildman–Crippen MR) is 64.5 cm³/mol. The second kappa shape index (κ2) is 5.96. The molecule has 0 aromatic heterocycles. The summed E-state index contributed by atoms with van der Waals surface area (Å²) in [4.78, 5) is 0. The molecule has 2 N–H and O–H groups in total. The molecule has 0 saturated carbocycles. The molecular formula is C13H19F2NO. The fraction of sp³-hybridized carbons (Fsp3) is 0.538. The standard InChI is InChI=1S/C13H19F2NO/c1-8-4-5-11(14)10(3)12(15)6-13(8)16-7-9(2)17/h5-6,8-9,16-17H,4,7H2,1-3H3/t8-,9-/m0/s1. The van der Waals surface area contributed by atoms with E-state index in [1.807, 2.05) is 6.92 Å². The van der Waals surface area contributed by atoms with Crippen LogP contribution in [0.4, 0.5) is 8.78 Å². The molecule has 4 heteroatoms. The fourth-order valence-electron chi connectivity index (χ4n) is 1.55. The van der Waals surface area contributed by atoms with Gasteiger partial charge in [-0.3, -0.25) is 0 Å². The number of aliphatic hydroxyl groups is 1. The Kier molecular flexibility index (Phi) is 4.87. The minimum atomic E-state index is -0.571. The summed E-state index contributed by atoms with van der Waals surface area (Å²) in [6, 6.07) is 0. The lowest BCUT2D eigenvalue weighted by Crippen LogP contribution is -2.27. The molecule has 0 fully saturated rings. The van der Waals surface area contributed by atoms with Crippen LogP contribution >= 0.6 is 0 Å². The molecule has 0 saturated heterocycles. The van der Waals surface area contributed by atoms with Gasteiger partial charge in [-0.05, 0) is 38.3 Å². The summed E-state index contributed by atoms with van der Waals surface area (Å²) < 4.78 is 27.0. The lowest BCUT2D eigenvalue weighted by atomic mass is 9.98. The highest BCUT2D eigenvalue weighted by Gasteiger charge is 2.15. The van der Waals surface area contributed by atoms with Crippen molar-refractivity contribution in [1.29, 1.82) is 0 Å². The molecule has 1 aliphatic carbocycles. The van der Waals surface area contributed by atoms with E-state index in [-0.39, 0.29) is 11.5 Å². The first-order chi connectivity index (χ1) is 7.91. The normalized spacial score (nSPS) is 23.5. The van der Waals surface area contributed by atoms with Gasteiger partial charge in [0.05, 0.1) is 6.10 Å². The molecule has 0 heterocycles. The van der Waals surface area contributed by atoms with Crippen LogP contribution in [-0.4, -0.2) is 17.8 Å². The summed E-state index contributed by atoms with van der Waals surface area (Å²) in [7, 11) is 0. The summed E-state index contributed by atoms with van der Waals surface area (Å²) in [5, 5.41) is 12.2. The van der Waals surface area contributed by atoms with Crippen molar-refractivity contribution in [2.45, 2.75) is 33.3 Å². The summed E-state index contributed by atoms with van der Waals surface area (Å²) in [6.45, 7) is 5.31. The van der Waals surface area contributed by atoms with Gasteiger partial charge in [-0.1, -0.05) is 6.92 Å². The van der Waals surface area contributed by atoms with E-state index < -0.39 is 17.8 Å². The summed E-state index contributed by atoms with van der Waals surface area (Å²) in [6.07, 6.45) is 2.72. The molecule has 1 rings (SSSR count). The first-order valence-corrected chi connectivity index (χ1v) is 5.77. The van der Waals surface area contributed by atoms with Crippen LogP contribution in [0.15, 0.2) is 35.1 Å². The van der Waals surface area contributed by atoms with E-state index in [0.29, 0.717) is 18.7 Å². The van der Waals surface area contributed by atoms with Crippen molar-refractivity contribution < 1.29 is 13.9 Å². The maximum Gasteiger partial charge on any atom is 0.130 e. The Hall–Kier alpha value is -1.16. The molecule has 0 amide bonds. The molecule has 0 spiro atoms. The highest BCUT2D eigenvalue weighted by atomic mass is 19.1. The Morgan fingerprint density at radius 2 is 2.18 bits per heavy atom. The Balaban J connectivity index is 2.92. The third-order valence-electron chi connectivity index (χ3n) is 2.78. The lowest BCUT2D eigenvalue weighted by Gasteiger charge is -2.19. The zero-order valence-corrected chi connectivity index (χ0v) is 10.4. The van der Waals surface area contributed by atoms with Crippen molar-refractivity contribution in [2.24, 2.45) is 5.92 Å². The van der Waals surface area contributed by atoms with Crippen LogP contribution in [0.3, 0.4) is 0 Å². The lowest BCUT2D eigenvalue weighted by molar-refractivity contribution is 0.193. The van der Waals surface area contributed by atoms with Gasteiger partial charge in [-0.25, -0.2) is 8.78 Å². The number of allylic oxidation sites excluding steroid dienone is 6. The average Bonchev–Trinajstić information content (AvgIpc) is 2.28. The van der Waals surface area contributed by atoms with Gasteiger partial charge in [0, 0.05) is 17.8 Å². The molecule has 0 aromatic carbocycles. The molecule has 2 nitrogen and oxygen atoms in total. The highest BCUT2D eigenvalue weighted by molar-refractivity contribution is 5.35. The molecule has 0 radical (unpaired) electrons. The van der Waals surface area contributed by atoms with Crippen molar-refractivity contribution in [1.82, 2.24) is 5.32 Å². The quantitative estimate of drug-likeness (QED) is 0.798. The van der Waals surface area contributed by atoms with Crippen molar-refractivity contribution in [3.8, 4) is 0 Å². The van der Waals surface area contributed by atoms with E-state index in [1.165, 1.54) is 19.1 Å². The minimum Gasteiger partial charge on any atom is -0.392 e. The van der Waals surface area contributed by atoms with Crippen molar-refractivity contribution >= 4 is 0 Å². The second-order valence-electron chi connectivity index (χ2n) is 4.49. The Labute approximate surface area is 101 Å². The highest BCUT2D eigenvalue weighted by Crippen LogP contribution is 2.26. The largest absolute Gasteiger partial charge is 0.392 e. The van der Waals surface area contributed by atoms with Crippen LogP contribution in [0.25, 0.3) is 0 Å². The number of aliphatic hydroxyl groups excluding tert-OH is 1. The van der Waals surface area contributed by atoms with E-state index in [9.17, 15) is 13.9 Å². The van der Waals surface area contributed by atoms with E-state index in [2.05, 4.69) is 5.32 Å². The van der Waals surface area contributed by atoms with E-state index >= 15 is 0 Å². The van der Waals surface area contributed by atoms with Gasteiger partial charge in [0.1, 0.15) is 11.7 Å². The average molecular weight is 243 g/mol. The zero-order chi connectivity index (χ0) is 13.0. The minimum absolute atomic E-state index is 0.00153. The predicted octanol–water partition coefficient (Wildman–Crippen LogP) is 2.98. The Bertz CT molecular complexity index is 370. The van der Waals surface area contributed by atoms with Crippen LogP contribution in [0.5, 0.6) is 0 Å². The SMILES string of the molecule is CC1=C(F)C=C(NC[C@H](C)O)[C@@H](C)CC=C1F. The topological polar surface area (TPSA) is 32.3 Å². The monoisotopic (exact) mass is 243 g/mol. The van der Waals surface area contributed by atoms with Crippen molar-refractivity contribution in [2.75, 3.05) is 6.54 Å². The molecule has 0 aromatic rings. The number of rotatable bonds is 3. The van der Waals surface area contributed by atoms with Gasteiger partial charge in [-0.2, -0.15) is 0 Å². The molecule has 0 bridgehead atoms. The molecule has 0 aliphatic heterocycles. The van der Waals surface area contributed by atoms with Crippen LogP contribution in [0.2, 0.25) is 0 Å². The zero-order valence-electron chi connectivity index (χ0n) is 10.4. The number of nitrogens with one attached hydrogen (secondary N) is 1. The maximum atomic E-state index is 13.6. The van der Waals surface area contributed by atoms with Gasteiger partial charge < -0.3 is 10.4 Å². The van der Waals surface area contributed by atoms with E-state index in [0.717, 1.165) is 0 Å². The van der Waals surface area contributed by atoms with E-state index in [4.69, 9.17) is 0 Å². The molecule has 17 heavy (non-hydrogen) atoms. The maximum absolute atomic E-state index is 13.6. The first kappa shape index (κ1) is 13.9. The van der Waals surface area contributed by atoms with Crippen LogP contribution in [0.1, 0.15) is 27.2 Å². The molecule has 0 unspecified atom stereocenters. The third kappa shape index (κ3) is 3.97. The van der Waals surface area contributed by atoms with Gasteiger partial charge in [0.15, 0.2) is 0 Å². The van der Waals surface area contributed by atoms with Crippen LogP contribution in [0, 0.1) is 5.92 Å². The number of hydrogen-bond donors (Lipinski definition) is 2. The van der Waals surface area contributed by atoms with Crippen molar-refractivity contribution in [3.63, 3.8) is 0 Å². The van der Waals surface area contributed by atoms with Gasteiger partial charge >= 0.3 is 0 Å². The summed E-state index contributed by atoms with van der Waals surface area (Å²) in [5.74, 6) is -1.07. The third-order valence-corrected chi connectivity index (χ3v) is 2.78. The molecule has 1 aliphatic rings. The Morgan fingerprint density at radius 3 is 2.76 bits per heavy atom.